The van der Waals surface area contributed by atoms with Gasteiger partial charge in [0, 0.05) is 18.5 Å². The van der Waals surface area contributed by atoms with Gasteiger partial charge >= 0.3 is 0 Å². The number of carbonyl (C=O) groups is 1. The summed E-state index contributed by atoms with van der Waals surface area (Å²) in [6, 6.07) is 0. The number of hydrogen-bond acceptors (Lipinski definition) is 5. The molecule has 1 aromatic rings. The van der Waals surface area contributed by atoms with Gasteiger partial charge in [0.05, 0.1) is 11.5 Å². The van der Waals surface area contributed by atoms with Crippen molar-refractivity contribution in [3.8, 4) is 0 Å². The number of carbonyl (C=O) groups excluding carboxylic acids is 1. The molecule has 0 radical (unpaired) electrons. The Morgan fingerprint density at radius 3 is 3.15 bits per heavy atom. The Labute approximate surface area is 77.4 Å². The van der Waals surface area contributed by atoms with Crippen molar-refractivity contribution in [3.05, 3.63) is 22.1 Å². The number of aromatic nitrogens is 2. The van der Waals surface area contributed by atoms with Gasteiger partial charge in [0.2, 0.25) is 0 Å². The van der Waals surface area contributed by atoms with Crippen LogP contribution in [-0.2, 0) is 6.54 Å². The monoisotopic (exact) mass is 197 g/mol. The summed E-state index contributed by atoms with van der Waals surface area (Å²) in [6.45, 7) is 0.521. The van der Waals surface area contributed by atoms with Gasteiger partial charge in [-0.3, -0.25) is 9.36 Å². The molecule has 0 amide bonds. The van der Waals surface area contributed by atoms with E-state index in [1.54, 1.807) is 0 Å². The van der Waals surface area contributed by atoms with Crippen molar-refractivity contribution in [2.24, 2.45) is 0 Å². The van der Waals surface area contributed by atoms with Gasteiger partial charge in [-0.1, -0.05) is 11.8 Å². The predicted molar refractivity (Wildman–Crippen MR) is 43.6 cm³/mol. The molecule has 0 aromatic carbocycles. The first-order chi connectivity index (χ1) is 6.20. The van der Waals surface area contributed by atoms with E-state index in [-0.39, 0.29) is 5.56 Å². The van der Waals surface area contributed by atoms with Gasteiger partial charge in [-0.05, 0) is 0 Å². The molecule has 2 heterocycles. The van der Waals surface area contributed by atoms with E-state index in [0.717, 1.165) is 11.9 Å². The molecule has 1 aliphatic heterocycles. The molecule has 13 heavy (non-hydrogen) atoms. The van der Waals surface area contributed by atoms with Crippen molar-refractivity contribution in [2.45, 2.75) is 11.7 Å². The van der Waals surface area contributed by atoms with Crippen molar-refractivity contribution in [3.63, 3.8) is 0 Å². The van der Waals surface area contributed by atoms with Crippen molar-refractivity contribution in [1.82, 2.24) is 9.55 Å². The summed E-state index contributed by atoms with van der Waals surface area (Å²) >= 11 is 1.44. The Bertz CT molecular complexity index is 426. The number of nitrogens with zero attached hydrogens (tertiary/aromatic N) is 2. The van der Waals surface area contributed by atoms with E-state index in [0.29, 0.717) is 11.7 Å². The maximum Gasteiger partial charge on any atom is 0.263 e. The predicted octanol–water partition coefficient (Wildman–Crippen LogP) is -1.29. The van der Waals surface area contributed by atoms with Gasteiger partial charge in [-0.2, -0.15) is 0 Å². The van der Waals surface area contributed by atoms with Crippen LogP contribution in [0, 0.1) is 0 Å². The minimum atomic E-state index is -1.47. The second-order valence-electron chi connectivity index (χ2n) is 2.55. The standard InChI is InChI=1S/C7H6N2O3S/c10-5-4(6(11)12)3-8-7-9(5)1-2-13-7/h3H,1-2H2,(H,11,12)/p-1. The van der Waals surface area contributed by atoms with Crippen molar-refractivity contribution in [2.75, 3.05) is 5.75 Å². The minimum Gasteiger partial charge on any atom is -0.545 e. The van der Waals surface area contributed by atoms with Gasteiger partial charge in [0.15, 0.2) is 5.16 Å². The van der Waals surface area contributed by atoms with E-state index >= 15 is 0 Å². The first-order valence-corrected chi connectivity index (χ1v) is 4.62. The SMILES string of the molecule is O=C([O-])c1cnc2n(c1=O)CCS2. The van der Waals surface area contributed by atoms with Crippen LogP contribution in [0.5, 0.6) is 0 Å². The maximum atomic E-state index is 11.4. The molecule has 1 aromatic heterocycles. The van der Waals surface area contributed by atoms with Gasteiger partial charge in [-0.25, -0.2) is 4.98 Å². The zero-order valence-corrected chi connectivity index (χ0v) is 7.34. The summed E-state index contributed by atoms with van der Waals surface area (Å²) < 4.78 is 1.36. The number of hydrogen-bond donors (Lipinski definition) is 0. The normalized spacial score (nSPS) is 14.2. The van der Waals surface area contributed by atoms with Crippen LogP contribution in [-0.4, -0.2) is 21.3 Å². The van der Waals surface area contributed by atoms with Crippen molar-refractivity contribution in [1.29, 1.82) is 0 Å². The van der Waals surface area contributed by atoms with Gasteiger partial charge in [0.25, 0.3) is 5.56 Å². The Morgan fingerprint density at radius 2 is 2.46 bits per heavy atom. The lowest BCUT2D eigenvalue weighted by Crippen LogP contribution is -2.33. The van der Waals surface area contributed by atoms with Crippen molar-refractivity contribution < 1.29 is 9.90 Å². The summed E-state index contributed by atoms with van der Waals surface area (Å²) in [5.41, 5.74) is -0.888. The van der Waals surface area contributed by atoms with Crippen LogP contribution in [0.3, 0.4) is 0 Å². The van der Waals surface area contributed by atoms with E-state index in [9.17, 15) is 14.7 Å². The summed E-state index contributed by atoms with van der Waals surface area (Å²) in [5, 5.41) is 11.0. The molecular weight excluding hydrogens is 192 g/mol. The molecule has 0 saturated heterocycles. The second-order valence-corrected chi connectivity index (χ2v) is 3.61. The van der Waals surface area contributed by atoms with E-state index in [2.05, 4.69) is 4.98 Å². The Kier molecular flexibility index (Phi) is 1.84. The summed E-state index contributed by atoms with van der Waals surface area (Å²) in [6.07, 6.45) is 1.06. The summed E-state index contributed by atoms with van der Waals surface area (Å²) in [4.78, 5) is 25.7. The quantitative estimate of drug-likeness (QED) is 0.524. The molecule has 0 aliphatic carbocycles. The smallest absolute Gasteiger partial charge is 0.263 e. The average Bonchev–Trinajstić information content (AvgIpc) is 2.52. The number of carboxylic acids is 1. The van der Waals surface area contributed by atoms with Crippen LogP contribution < -0.4 is 10.7 Å². The molecular formula is C7H5N2O3S-. The molecule has 0 bridgehead atoms. The summed E-state index contributed by atoms with van der Waals surface area (Å²) in [7, 11) is 0. The first kappa shape index (κ1) is 8.31. The molecule has 6 heteroatoms. The molecule has 1 aliphatic rings. The number of aromatic carboxylic acids is 1. The number of thioether (sulfide) groups is 1. The topological polar surface area (TPSA) is 75.0 Å². The van der Waals surface area contributed by atoms with Crippen molar-refractivity contribution >= 4 is 17.7 Å². The molecule has 2 rings (SSSR count). The number of rotatable bonds is 1. The van der Waals surface area contributed by atoms with Crippen LogP contribution in [0.1, 0.15) is 10.4 Å². The van der Waals surface area contributed by atoms with Crippen LogP contribution in [0.15, 0.2) is 16.1 Å². The molecule has 0 spiro atoms. The van der Waals surface area contributed by atoms with Gasteiger partial charge in [-0.15, -0.1) is 0 Å². The van der Waals surface area contributed by atoms with E-state index in [1.807, 2.05) is 0 Å². The lowest BCUT2D eigenvalue weighted by Gasteiger charge is -2.04. The third kappa shape index (κ3) is 1.23. The fourth-order valence-electron chi connectivity index (χ4n) is 1.16. The van der Waals surface area contributed by atoms with Crippen LogP contribution >= 0.6 is 11.8 Å². The van der Waals surface area contributed by atoms with E-state index in [1.165, 1.54) is 16.3 Å². The average molecular weight is 197 g/mol. The van der Waals surface area contributed by atoms with E-state index in [4.69, 9.17) is 0 Å². The number of fused-ring (bicyclic) bond motifs is 1. The van der Waals surface area contributed by atoms with Crippen LogP contribution in [0.2, 0.25) is 0 Å². The molecule has 5 nitrogen and oxygen atoms in total. The molecule has 0 atom stereocenters. The Morgan fingerprint density at radius 1 is 1.69 bits per heavy atom. The highest BCUT2D eigenvalue weighted by Gasteiger charge is 2.15. The lowest BCUT2D eigenvalue weighted by molar-refractivity contribution is -0.255. The third-order valence-corrected chi connectivity index (χ3v) is 2.75. The van der Waals surface area contributed by atoms with Gasteiger partial charge < -0.3 is 9.90 Å². The minimum absolute atomic E-state index is 0.369. The highest BCUT2D eigenvalue weighted by molar-refractivity contribution is 7.99. The second kappa shape index (κ2) is 2.88. The fourth-order valence-corrected chi connectivity index (χ4v) is 2.07. The first-order valence-electron chi connectivity index (χ1n) is 3.64. The molecule has 68 valence electrons. The summed E-state index contributed by atoms with van der Waals surface area (Å²) in [5.74, 6) is -0.705. The highest BCUT2D eigenvalue weighted by Crippen LogP contribution is 2.20. The Hall–Kier alpha value is -1.30. The largest absolute Gasteiger partial charge is 0.545 e. The fraction of sp³-hybridized carbons (Fsp3) is 0.286. The molecule has 0 saturated carbocycles. The van der Waals surface area contributed by atoms with Crippen LogP contribution in [0.25, 0.3) is 0 Å². The third-order valence-electron chi connectivity index (χ3n) is 1.78. The zero-order chi connectivity index (χ0) is 9.42. The zero-order valence-electron chi connectivity index (χ0n) is 6.52. The maximum absolute atomic E-state index is 11.4. The number of carboxylic acid groups (broad SMARTS) is 1. The molecule has 0 fully saturated rings. The van der Waals surface area contributed by atoms with Gasteiger partial charge in [0.1, 0.15) is 0 Å². The van der Waals surface area contributed by atoms with E-state index < -0.39 is 11.5 Å². The molecule has 0 unspecified atom stereocenters. The van der Waals surface area contributed by atoms with Crippen LogP contribution in [0.4, 0.5) is 0 Å². The molecule has 0 N–H and O–H groups in total. The lowest BCUT2D eigenvalue weighted by atomic mass is 10.3. The Balaban J connectivity index is 2.66. The highest BCUT2D eigenvalue weighted by atomic mass is 32.2.